The Labute approximate surface area is 82.3 Å². The van der Waals surface area contributed by atoms with Crippen LogP contribution in [0.3, 0.4) is 0 Å². The summed E-state index contributed by atoms with van der Waals surface area (Å²) in [6, 6.07) is 0. The standard InChI is InChI=1S/C9H21ClOSi/c1-8(2,3)12(10,11-7)9(4,5)6/h1-7H3. The predicted octanol–water partition coefficient (Wildman–Crippen LogP) is 3.91. The van der Waals surface area contributed by atoms with Gasteiger partial charge in [0.05, 0.1) is 0 Å². The molecule has 0 rings (SSSR count). The molecular weight excluding hydrogens is 188 g/mol. The first kappa shape index (κ1) is 12.5. The molecule has 1 nitrogen and oxygen atoms in total. The molecule has 0 heterocycles. The zero-order chi connectivity index (χ0) is 10.2. The summed E-state index contributed by atoms with van der Waals surface area (Å²) >= 11 is 6.59. The molecule has 0 N–H and O–H groups in total. The Kier molecular flexibility index (Phi) is 3.44. The van der Waals surface area contributed by atoms with E-state index in [-0.39, 0.29) is 10.1 Å². The van der Waals surface area contributed by atoms with Gasteiger partial charge in [0.25, 0.3) is 0 Å². The van der Waals surface area contributed by atoms with Crippen LogP contribution in [0.2, 0.25) is 10.1 Å². The number of rotatable bonds is 1. The highest BCUT2D eigenvalue weighted by molar-refractivity contribution is 7.19. The Hall–Kier alpha value is 0.467. The van der Waals surface area contributed by atoms with Crippen LogP contribution in [-0.4, -0.2) is 14.7 Å². The van der Waals surface area contributed by atoms with Gasteiger partial charge in [-0.2, -0.15) is 0 Å². The van der Waals surface area contributed by atoms with Gasteiger partial charge in [0.1, 0.15) is 0 Å². The average Bonchev–Trinajstić information content (AvgIpc) is 1.81. The van der Waals surface area contributed by atoms with E-state index in [1.807, 2.05) is 0 Å². The third kappa shape index (κ3) is 2.04. The van der Waals surface area contributed by atoms with Gasteiger partial charge in [0, 0.05) is 7.11 Å². The van der Waals surface area contributed by atoms with E-state index in [1.54, 1.807) is 7.11 Å². The summed E-state index contributed by atoms with van der Waals surface area (Å²) in [7, 11) is -0.422. The normalized spacial score (nSPS) is 15.0. The van der Waals surface area contributed by atoms with E-state index in [0.29, 0.717) is 0 Å². The summed E-state index contributed by atoms with van der Waals surface area (Å²) in [6.07, 6.45) is 0. The molecule has 0 saturated heterocycles. The summed E-state index contributed by atoms with van der Waals surface area (Å²) in [6.45, 7) is 12.9. The van der Waals surface area contributed by atoms with Crippen molar-refractivity contribution < 1.29 is 4.43 Å². The lowest BCUT2D eigenvalue weighted by Gasteiger charge is -2.44. The van der Waals surface area contributed by atoms with Crippen molar-refractivity contribution in [1.82, 2.24) is 0 Å². The van der Waals surface area contributed by atoms with E-state index in [0.717, 1.165) is 0 Å². The second-order valence-corrected chi connectivity index (χ2v) is 11.5. The maximum Gasteiger partial charge on any atom is 0.300 e. The van der Waals surface area contributed by atoms with Crippen molar-refractivity contribution in [2.75, 3.05) is 7.11 Å². The van der Waals surface area contributed by atoms with Crippen molar-refractivity contribution in [3.63, 3.8) is 0 Å². The quantitative estimate of drug-likeness (QED) is 0.469. The van der Waals surface area contributed by atoms with E-state index in [4.69, 9.17) is 15.5 Å². The second kappa shape index (κ2) is 3.32. The lowest BCUT2D eigenvalue weighted by atomic mass is 10.2. The zero-order valence-electron chi connectivity index (χ0n) is 9.29. The van der Waals surface area contributed by atoms with Gasteiger partial charge in [-0.25, -0.2) is 0 Å². The van der Waals surface area contributed by atoms with E-state index in [1.165, 1.54) is 0 Å². The Balaban J connectivity index is 4.95. The van der Waals surface area contributed by atoms with Crippen molar-refractivity contribution in [2.45, 2.75) is 51.6 Å². The first-order valence-electron chi connectivity index (χ1n) is 4.30. The number of hydrogen-bond donors (Lipinski definition) is 0. The predicted molar refractivity (Wildman–Crippen MR) is 58.0 cm³/mol. The topological polar surface area (TPSA) is 9.23 Å². The van der Waals surface area contributed by atoms with Crippen molar-refractivity contribution in [2.24, 2.45) is 0 Å². The maximum absolute atomic E-state index is 6.59. The Bertz CT molecular complexity index is 141. The van der Waals surface area contributed by atoms with Crippen LogP contribution in [-0.2, 0) is 4.43 Å². The van der Waals surface area contributed by atoms with Gasteiger partial charge in [-0.05, 0) is 10.1 Å². The molecule has 0 aromatic carbocycles. The molecule has 3 heteroatoms. The van der Waals surface area contributed by atoms with E-state index in [9.17, 15) is 0 Å². The van der Waals surface area contributed by atoms with Crippen LogP contribution in [0.4, 0.5) is 0 Å². The molecule has 0 unspecified atom stereocenters. The molecule has 0 radical (unpaired) electrons. The Morgan fingerprint density at radius 2 is 1.17 bits per heavy atom. The average molecular weight is 209 g/mol. The third-order valence-corrected chi connectivity index (χ3v) is 10.5. The number of hydrogen-bond acceptors (Lipinski definition) is 1. The van der Waals surface area contributed by atoms with E-state index >= 15 is 0 Å². The smallest absolute Gasteiger partial charge is 0.300 e. The largest absolute Gasteiger partial charge is 0.406 e. The minimum atomic E-state index is -2.15. The van der Waals surface area contributed by atoms with Crippen LogP contribution in [0, 0.1) is 0 Å². The van der Waals surface area contributed by atoms with Crippen molar-refractivity contribution in [1.29, 1.82) is 0 Å². The van der Waals surface area contributed by atoms with Crippen molar-refractivity contribution in [3.8, 4) is 0 Å². The Morgan fingerprint density at radius 3 is 1.17 bits per heavy atom. The monoisotopic (exact) mass is 208 g/mol. The molecular formula is C9H21ClOSi. The number of halogens is 1. The zero-order valence-corrected chi connectivity index (χ0v) is 11.0. The fraction of sp³-hybridized carbons (Fsp3) is 1.00. The molecule has 0 saturated carbocycles. The van der Waals surface area contributed by atoms with E-state index in [2.05, 4.69) is 41.5 Å². The molecule has 0 atom stereocenters. The molecule has 0 amide bonds. The van der Waals surface area contributed by atoms with Gasteiger partial charge >= 0.3 is 7.63 Å². The molecule has 12 heavy (non-hydrogen) atoms. The molecule has 0 aliphatic heterocycles. The minimum Gasteiger partial charge on any atom is -0.406 e. The highest BCUT2D eigenvalue weighted by Gasteiger charge is 2.53. The molecule has 0 aromatic heterocycles. The molecule has 0 bridgehead atoms. The van der Waals surface area contributed by atoms with Crippen LogP contribution < -0.4 is 0 Å². The van der Waals surface area contributed by atoms with Crippen molar-refractivity contribution in [3.05, 3.63) is 0 Å². The minimum absolute atomic E-state index is 0.0710. The third-order valence-electron chi connectivity index (χ3n) is 2.21. The van der Waals surface area contributed by atoms with Gasteiger partial charge < -0.3 is 4.43 Å². The van der Waals surface area contributed by atoms with Crippen LogP contribution >= 0.6 is 11.1 Å². The van der Waals surface area contributed by atoms with Gasteiger partial charge in [-0.3, -0.25) is 0 Å². The fourth-order valence-electron chi connectivity index (χ4n) is 1.74. The molecule has 0 spiro atoms. The molecule has 74 valence electrons. The lowest BCUT2D eigenvalue weighted by molar-refractivity contribution is 0.349. The first-order valence-corrected chi connectivity index (χ1v) is 7.22. The van der Waals surface area contributed by atoms with Gasteiger partial charge in [0.2, 0.25) is 0 Å². The van der Waals surface area contributed by atoms with Crippen LogP contribution in [0.15, 0.2) is 0 Å². The highest BCUT2D eigenvalue weighted by atomic mass is 35.6. The van der Waals surface area contributed by atoms with Crippen LogP contribution in [0.25, 0.3) is 0 Å². The summed E-state index contributed by atoms with van der Waals surface area (Å²) in [5, 5.41) is 0.142. The van der Waals surface area contributed by atoms with Crippen LogP contribution in [0.1, 0.15) is 41.5 Å². The second-order valence-electron chi connectivity index (χ2n) is 5.30. The Morgan fingerprint density at radius 1 is 0.917 bits per heavy atom. The van der Waals surface area contributed by atoms with E-state index < -0.39 is 7.63 Å². The SMILES string of the molecule is CO[Si](Cl)(C(C)(C)C)C(C)(C)C. The van der Waals surface area contributed by atoms with Crippen LogP contribution in [0.5, 0.6) is 0 Å². The molecule has 0 aliphatic rings. The fourth-order valence-corrected chi connectivity index (χ4v) is 5.21. The summed E-state index contributed by atoms with van der Waals surface area (Å²) in [5.74, 6) is 0. The van der Waals surface area contributed by atoms with Gasteiger partial charge in [-0.15, -0.1) is 11.1 Å². The van der Waals surface area contributed by atoms with Gasteiger partial charge in [0.15, 0.2) is 0 Å². The summed E-state index contributed by atoms with van der Waals surface area (Å²) < 4.78 is 5.57. The summed E-state index contributed by atoms with van der Waals surface area (Å²) in [5.41, 5.74) is 0. The summed E-state index contributed by atoms with van der Waals surface area (Å²) in [4.78, 5) is 0. The molecule has 0 aromatic rings. The lowest BCUT2D eigenvalue weighted by Crippen LogP contribution is -2.48. The van der Waals surface area contributed by atoms with Gasteiger partial charge in [-0.1, -0.05) is 41.5 Å². The maximum atomic E-state index is 6.59. The van der Waals surface area contributed by atoms with Crippen molar-refractivity contribution >= 4 is 18.7 Å². The molecule has 0 fully saturated rings. The molecule has 0 aliphatic carbocycles. The highest BCUT2D eigenvalue weighted by Crippen LogP contribution is 2.53. The first-order chi connectivity index (χ1) is 5.06.